The molecule has 0 spiro atoms. The molecule has 0 amide bonds. The Kier molecular flexibility index (Phi) is 5.12. The van der Waals surface area contributed by atoms with Gasteiger partial charge in [-0.2, -0.15) is 0 Å². The first kappa shape index (κ1) is 19.2. The molecule has 0 saturated heterocycles. The van der Waals surface area contributed by atoms with E-state index in [1.54, 1.807) is 0 Å². The lowest BCUT2D eigenvalue weighted by atomic mass is 9.86. The molecular formula is C25H25N2O2. The first-order valence-electron chi connectivity index (χ1n) is 10.0. The number of rotatable bonds is 5. The lowest BCUT2D eigenvalue weighted by Crippen LogP contribution is -2.42. The monoisotopic (exact) mass is 385 g/mol. The van der Waals surface area contributed by atoms with Crippen LogP contribution in [-0.2, 0) is 10.7 Å². The van der Waals surface area contributed by atoms with E-state index in [-0.39, 0.29) is 6.10 Å². The van der Waals surface area contributed by atoms with Gasteiger partial charge in [0.1, 0.15) is 11.3 Å². The number of hydroxylamine groups is 1. The van der Waals surface area contributed by atoms with Crippen molar-refractivity contribution in [3.05, 3.63) is 90.0 Å². The van der Waals surface area contributed by atoms with Gasteiger partial charge in [-0.1, -0.05) is 60.7 Å². The van der Waals surface area contributed by atoms with Gasteiger partial charge in [0.05, 0.1) is 23.2 Å². The summed E-state index contributed by atoms with van der Waals surface area (Å²) in [6.07, 6.45) is 1.02. The number of fused-ring (bicyclic) bond motifs is 1. The maximum atomic E-state index is 13.5. The summed E-state index contributed by atoms with van der Waals surface area (Å²) in [6, 6.07) is 25.2. The molecule has 3 aromatic rings. The fourth-order valence-electron chi connectivity index (χ4n) is 3.69. The van der Waals surface area contributed by atoms with Crippen molar-refractivity contribution >= 4 is 17.1 Å². The summed E-state index contributed by atoms with van der Waals surface area (Å²) in [5.74, 6) is 0.754. The number of benzene rings is 3. The van der Waals surface area contributed by atoms with Crippen LogP contribution in [-0.4, -0.2) is 11.8 Å². The highest BCUT2D eigenvalue weighted by Crippen LogP contribution is 2.46. The molecule has 0 aromatic heterocycles. The Morgan fingerprint density at radius 2 is 1.66 bits per heavy atom. The standard InChI is InChI=1S/C25H25N2O2/c1-4-18(2)29-21-15-16-23-22(17-21)24(26-20-13-9-6-10-14-20)25(3,27(23)28)19-11-7-5-8-12-19/h5-18H,4H2,1-3H3. The summed E-state index contributed by atoms with van der Waals surface area (Å²) in [6.45, 7) is 6.07. The van der Waals surface area contributed by atoms with Crippen molar-refractivity contribution < 1.29 is 9.94 Å². The van der Waals surface area contributed by atoms with Crippen molar-refractivity contribution in [1.29, 1.82) is 0 Å². The van der Waals surface area contributed by atoms with Crippen LogP contribution in [0.2, 0.25) is 0 Å². The van der Waals surface area contributed by atoms with E-state index in [0.29, 0.717) is 5.69 Å². The summed E-state index contributed by atoms with van der Waals surface area (Å²) in [5.41, 5.74) is 2.96. The van der Waals surface area contributed by atoms with Crippen molar-refractivity contribution in [2.75, 3.05) is 5.06 Å². The Balaban J connectivity index is 1.90. The maximum Gasteiger partial charge on any atom is 0.135 e. The van der Waals surface area contributed by atoms with E-state index in [1.807, 2.05) is 92.7 Å². The van der Waals surface area contributed by atoms with Crippen LogP contribution in [0.25, 0.3) is 0 Å². The number of para-hydroxylation sites is 1. The molecule has 147 valence electrons. The van der Waals surface area contributed by atoms with Crippen LogP contribution < -0.4 is 9.80 Å². The molecule has 0 N–H and O–H groups in total. The number of hydrogen-bond acceptors (Lipinski definition) is 3. The van der Waals surface area contributed by atoms with Crippen molar-refractivity contribution in [3.63, 3.8) is 0 Å². The molecule has 3 aromatic carbocycles. The van der Waals surface area contributed by atoms with Gasteiger partial charge >= 0.3 is 0 Å². The molecule has 1 aliphatic heterocycles. The fraction of sp³-hybridized carbons (Fsp3) is 0.240. The highest BCUT2D eigenvalue weighted by molar-refractivity contribution is 6.17. The van der Waals surface area contributed by atoms with Gasteiger partial charge in [-0.15, -0.1) is 0 Å². The molecule has 0 aliphatic carbocycles. The van der Waals surface area contributed by atoms with Gasteiger partial charge in [-0.25, -0.2) is 10.1 Å². The second-order valence-electron chi connectivity index (χ2n) is 7.54. The zero-order valence-electron chi connectivity index (χ0n) is 17.0. The zero-order valence-corrected chi connectivity index (χ0v) is 17.0. The minimum absolute atomic E-state index is 0.104. The van der Waals surface area contributed by atoms with Gasteiger partial charge in [0.25, 0.3) is 0 Å². The van der Waals surface area contributed by atoms with Gasteiger partial charge in [0.2, 0.25) is 0 Å². The fourth-order valence-corrected chi connectivity index (χ4v) is 3.69. The predicted molar refractivity (Wildman–Crippen MR) is 116 cm³/mol. The van der Waals surface area contributed by atoms with Gasteiger partial charge in [0, 0.05) is 5.56 Å². The Morgan fingerprint density at radius 3 is 2.31 bits per heavy atom. The zero-order chi connectivity index (χ0) is 20.4. The Hall–Kier alpha value is -3.11. The highest BCUT2D eigenvalue weighted by atomic mass is 16.5. The van der Waals surface area contributed by atoms with Gasteiger partial charge in [-0.05, 0) is 56.2 Å². The second kappa shape index (κ2) is 7.72. The SMILES string of the molecule is CCC(C)Oc1ccc2c(c1)C(=Nc1ccccc1)C(C)(c1ccccc1)N2[O]. The number of hydrogen-bond donors (Lipinski definition) is 0. The molecule has 2 atom stereocenters. The van der Waals surface area contributed by atoms with Crippen LogP contribution in [0.3, 0.4) is 0 Å². The summed E-state index contributed by atoms with van der Waals surface area (Å²) < 4.78 is 6.02. The molecule has 29 heavy (non-hydrogen) atoms. The topological polar surface area (TPSA) is 44.7 Å². The largest absolute Gasteiger partial charge is 0.491 e. The molecule has 2 unspecified atom stereocenters. The van der Waals surface area contributed by atoms with E-state index in [2.05, 4.69) is 6.92 Å². The summed E-state index contributed by atoms with van der Waals surface area (Å²) in [7, 11) is 0. The molecular weight excluding hydrogens is 360 g/mol. The first-order valence-corrected chi connectivity index (χ1v) is 10.0. The third-order valence-electron chi connectivity index (χ3n) is 5.55. The summed E-state index contributed by atoms with van der Waals surface area (Å²) in [5, 5.41) is 14.6. The van der Waals surface area contributed by atoms with Crippen LogP contribution in [0, 0.1) is 0 Å². The van der Waals surface area contributed by atoms with Crippen molar-refractivity contribution in [3.8, 4) is 5.75 Å². The molecule has 1 heterocycles. The maximum absolute atomic E-state index is 13.5. The Morgan fingerprint density at radius 1 is 1.00 bits per heavy atom. The average Bonchev–Trinajstić information content (AvgIpc) is 2.97. The minimum Gasteiger partial charge on any atom is -0.491 e. The minimum atomic E-state index is -0.922. The van der Waals surface area contributed by atoms with Crippen LogP contribution in [0.4, 0.5) is 11.4 Å². The van der Waals surface area contributed by atoms with Gasteiger partial charge < -0.3 is 4.74 Å². The summed E-state index contributed by atoms with van der Waals surface area (Å²) in [4.78, 5) is 4.94. The van der Waals surface area contributed by atoms with Crippen molar-refractivity contribution in [1.82, 2.24) is 0 Å². The molecule has 0 saturated carbocycles. The van der Waals surface area contributed by atoms with Gasteiger partial charge in [0.15, 0.2) is 0 Å². The number of nitrogens with zero attached hydrogens (tertiary/aromatic N) is 2. The van der Waals surface area contributed by atoms with Crippen molar-refractivity contribution in [2.45, 2.75) is 38.8 Å². The molecule has 1 aliphatic rings. The lowest BCUT2D eigenvalue weighted by molar-refractivity contribution is 0.118. The molecule has 1 radical (unpaired) electrons. The van der Waals surface area contributed by atoms with Gasteiger partial charge in [-0.3, -0.25) is 0 Å². The molecule has 4 rings (SSSR count). The third kappa shape index (κ3) is 3.40. The van der Waals surface area contributed by atoms with E-state index < -0.39 is 5.54 Å². The predicted octanol–water partition coefficient (Wildman–Crippen LogP) is 6.07. The smallest absolute Gasteiger partial charge is 0.135 e. The van der Waals surface area contributed by atoms with E-state index in [4.69, 9.17) is 9.73 Å². The molecule has 4 heteroatoms. The summed E-state index contributed by atoms with van der Waals surface area (Å²) >= 11 is 0. The quantitative estimate of drug-likeness (QED) is 0.535. The van der Waals surface area contributed by atoms with E-state index in [0.717, 1.165) is 39.8 Å². The van der Waals surface area contributed by atoms with E-state index in [1.165, 1.54) is 0 Å². The number of aliphatic imine (C=N–C) groups is 1. The van der Waals surface area contributed by atoms with E-state index >= 15 is 0 Å². The first-order chi connectivity index (χ1) is 14.0. The third-order valence-corrected chi connectivity index (χ3v) is 5.55. The average molecular weight is 385 g/mol. The second-order valence-corrected chi connectivity index (χ2v) is 7.54. The molecule has 0 bridgehead atoms. The Bertz CT molecular complexity index is 1020. The molecule has 4 nitrogen and oxygen atoms in total. The number of ether oxygens (including phenoxy) is 1. The van der Waals surface area contributed by atoms with Crippen LogP contribution in [0.15, 0.2) is 83.9 Å². The molecule has 0 fully saturated rings. The van der Waals surface area contributed by atoms with E-state index in [9.17, 15) is 5.21 Å². The number of anilines is 1. The van der Waals surface area contributed by atoms with Crippen LogP contribution >= 0.6 is 0 Å². The Labute approximate surface area is 172 Å². The van der Waals surface area contributed by atoms with Crippen LogP contribution in [0.5, 0.6) is 5.75 Å². The van der Waals surface area contributed by atoms with Crippen LogP contribution in [0.1, 0.15) is 38.3 Å². The lowest BCUT2D eigenvalue weighted by Gasteiger charge is -2.31. The van der Waals surface area contributed by atoms with Crippen molar-refractivity contribution in [2.24, 2.45) is 4.99 Å². The highest BCUT2D eigenvalue weighted by Gasteiger charge is 2.48. The normalized spacial score (nSPS) is 20.6.